The first-order valence-electron chi connectivity index (χ1n) is 11.5. The summed E-state index contributed by atoms with van der Waals surface area (Å²) < 4.78 is 39.8. The molecule has 1 saturated heterocycles. The second-order valence-electron chi connectivity index (χ2n) is 9.35. The van der Waals surface area contributed by atoms with Crippen molar-refractivity contribution in [3.8, 4) is 0 Å². The number of hydrogen-bond donors (Lipinski definition) is 2. The van der Waals surface area contributed by atoms with E-state index in [2.05, 4.69) is 41.9 Å². The Labute approximate surface area is 193 Å². The number of aliphatic hydroxyl groups excluding tert-OH is 2. The third-order valence-electron chi connectivity index (χ3n) is 7.99. The van der Waals surface area contributed by atoms with Crippen LogP contribution < -0.4 is 4.90 Å². The van der Waals surface area contributed by atoms with Gasteiger partial charge in [-0.05, 0) is 49.7 Å². The topological polar surface area (TPSA) is 59.8 Å². The van der Waals surface area contributed by atoms with Gasteiger partial charge in [-0.15, -0.1) is 0 Å². The van der Waals surface area contributed by atoms with Gasteiger partial charge in [-0.25, -0.2) is 9.29 Å². The maximum atomic E-state index is 12.5. The molecule has 2 saturated carbocycles. The highest BCUT2D eigenvalue weighted by molar-refractivity contribution is 7.96. The van der Waals surface area contributed by atoms with Crippen LogP contribution in [0, 0.1) is 16.7 Å². The molecule has 4 rings (SSSR count). The maximum Gasteiger partial charge on any atom is 0.417 e. The van der Waals surface area contributed by atoms with Gasteiger partial charge in [0.2, 0.25) is 0 Å². The minimum Gasteiger partial charge on any atom is -0.396 e. The molecule has 3 aliphatic rings. The van der Waals surface area contributed by atoms with Crippen molar-refractivity contribution in [3.63, 3.8) is 0 Å². The van der Waals surface area contributed by atoms with Crippen molar-refractivity contribution in [2.75, 3.05) is 36.9 Å². The highest BCUT2D eigenvalue weighted by atomic mass is 32.2. The van der Waals surface area contributed by atoms with E-state index < -0.39 is 11.7 Å². The molecule has 0 bridgehead atoms. The lowest BCUT2D eigenvalue weighted by molar-refractivity contribution is -0.137. The van der Waals surface area contributed by atoms with E-state index >= 15 is 0 Å². The van der Waals surface area contributed by atoms with Gasteiger partial charge < -0.3 is 15.1 Å². The third-order valence-corrected chi connectivity index (χ3v) is 8.94. The maximum absolute atomic E-state index is 12.5. The zero-order valence-corrected chi connectivity index (χ0v) is 20.2. The molecule has 32 heavy (non-hydrogen) atoms. The summed E-state index contributed by atoms with van der Waals surface area (Å²) in [5, 5.41) is 18.9. The van der Waals surface area contributed by atoms with Crippen molar-refractivity contribution >= 4 is 17.8 Å². The minimum absolute atomic E-state index is 0.108. The van der Waals surface area contributed by atoms with Gasteiger partial charge in [0.25, 0.3) is 0 Å². The molecule has 9 heteroatoms. The number of hydrogen-bond acceptors (Lipinski definition) is 6. The Balaban J connectivity index is 0.000000204. The molecule has 0 aromatic carbocycles. The highest BCUT2D eigenvalue weighted by Crippen LogP contribution is 2.78. The average molecular weight is 476 g/mol. The number of pyridine rings is 1. The molecule has 0 radical (unpaired) electrons. The van der Waals surface area contributed by atoms with Crippen LogP contribution in [-0.2, 0) is 6.18 Å². The second kappa shape index (κ2) is 9.68. The number of aromatic nitrogens is 1. The molecule has 1 aromatic rings. The predicted molar refractivity (Wildman–Crippen MR) is 122 cm³/mol. The van der Waals surface area contributed by atoms with Crippen LogP contribution in [0.15, 0.2) is 18.3 Å². The van der Waals surface area contributed by atoms with Gasteiger partial charge in [0.15, 0.2) is 0 Å². The summed E-state index contributed by atoms with van der Waals surface area (Å²) in [5.74, 6) is 2.01. The fraction of sp³-hybridized carbons (Fsp3) is 0.783. The van der Waals surface area contributed by atoms with E-state index in [-0.39, 0.29) is 29.6 Å². The number of nitrogens with zero attached hydrogens (tertiary/aromatic N) is 3. The van der Waals surface area contributed by atoms with Crippen LogP contribution in [0.2, 0.25) is 0 Å². The number of aliphatic hydroxyl groups is 2. The van der Waals surface area contributed by atoms with Crippen LogP contribution in [0.25, 0.3) is 0 Å². The Morgan fingerprint density at radius 1 is 1.25 bits per heavy atom. The molecule has 5 nitrogen and oxygen atoms in total. The van der Waals surface area contributed by atoms with Gasteiger partial charge in [-0.2, -0.15) is 13.2 Å². The molecule has 0 amide bonds. The molecule has 2 N–H and O–H groups in total. The van der Waals surface area contributed by atoms with E-state index in [4.69, 9.17) is 0 Å². The van der Waals surface area contributed by atoms with Gasteiger partial charge in [-0.3, -0.25) is 0 Å². The van der Waals surface area contributed by atoms with Crippen molar-refractivity contribution < 1.29 is 23.4 Å². The van der Waals surface area contributed by atoms with Gasteiger partial charge in [0.1, 0.15) is 5.82 Å². The monoisotopic (exact) mass is 475 g/mol. The molecular formula is C23H36F3N3O2S. The lowest BCUT2D eigenvalue weighted by Crippen LogP contribution is -2.50. The summed E-state index contributed by atoms with van der Waals surface area (Å²) in [4.78, 5) is 6.03. The first-order valence-corrected chi connectivity index (χ1v) is 12.5. The lowest BCUT2D eigenvalue weighted by Gasteiger charge is -2.39. The molecule has 2 aliphatic carbocycles. The quantitative estimate of drug-likeness (QED) is 0.614. The molecule has 2 heterocycles. The van der Waals surface area contributed by atoms with Crippen molar-refractivity contribution in [2.24, 2.45) is 16.7 Å². The highest BCUT2D eigenvalue weighted by Gasteiger charge is 2.77. The zero-order valence-electron chi connectivity index (χ0n) is 19.4. The number of piperazine rings is 1. The first-order chi connectivity index (χ1) is 15.0. The summed E-state index contributed by atoms with van der Waals surface area (Å²) in [6.07, 6.45) is -0.423. The molecule has 5 atom stereocenters. The van der Waals surface area contributed by atoms with Gasteiger partial charge in [0, 0.05) is 49.6 Å². The standard InChI is InChI=1S/C13H18F3N3S.C10H18O2/c1-3-20-18-6-7-19(10(2)9-18)12-5-4-11(8-17-12)13(14,15)16;1-3-9(2)7(6-11)10(9)5-4-8(10)12/h4-5,8,10H,3,6-7,9H2,1-2H3;7-8,11-12H,3-6H2,1-2H3. The molecule has 3 fully saturated rings. The molecular weight excluding hydrogens is 439 g/mol. The van der Waals surface area contributed by atoms with E-state index in [1.165, 1.54) is 6.07 Å². The normalized spacial score (nSPS) is 34.7. The summed E-state index contributed by atoms with van der Waals surface area (Å²) >= 11 is 1.80. The summed E-state index contributed by atoms with van der Waals surface area (Å²) in [5.41, 5.74) is -0.371. The number of anilines is 1. The minimum atomic E-state index is -4.33. The number of rotatable bonds is 5. The molecule has 1 aromatic heterocycles. The van der Waals surface area contributed by atoms with Crippen LogP contribution in [0.4, 0.5) is 19.0 Å². The number of halogens is 3. The summed E-state index contributed by atoms with van der Waals surface area (Å²) in [7, 11) is 0. The summed E-state index contributed by atoms with van der Waals surface area (Å²) in [6.45, 7) is 11.4. The van der Waals surface area contributed by atoms with E-state index in [9.17, 15) is 23.4 Å². The van der Waals surface area contributed by atoms with Crippen molar-refractivity contribution in [1.29, 1.82) is 0 Å². The Hall–Kier alpha value is -1.03. The van der Waals surface area contributed by atoms with Gasteiger partial charge >= 0.3 is 6.18 Å². The largest absolute Gasteiger partial charge is 0.417 e. The fourth-order valence-electron chi connectivity index (χ4n) is 5.78. The van der Waals surface area contributed by atoms with E-state index in [0.29, 0.717) is 11.7 Å². The van der Waals surface area contributed by atoms with Crippen molar-refractivity contribution in [2.45, 2.75) is 65.3 Å². The first kappa shape index (κ1) is 25.6. The van der Waals surface area contributed by atoms with Crippen LogP contribution in [-0.4, -0.2) is 63.6 Å². The van der Waals surface area contributed by atoms with Gasteiger partial charge in [0.05, 0.1) is 11.7 Å². The molecule has 1 spiro atoms. The molecule has 182 valence electrons. The summed E-state index contributed by atoms with van der Waals surface area (Å²) in [6, 6.07) is 2.80. The van der Waals surface area contributed by atoms with Crippen molar-refractivity contribution in [1.82, 2.24) is 9.29 Å². The van der Waals surface area contributed by atoms with Gasteiger partial charge in [-0.1, -0.05) is 32.7 Å². The van der Waals surface area contributed by atoms with Crippen molar-refractivity contribution in [3.05, 3.63) is 23.9 Å². The third kappa shape index (κ3) is 4.50. The molecule has 5 unspecified atom stereocenters. The average Bonchev–Trinajstić information content (AvgIpc) is 3.35. The van der Waals surface area contributed by atoms with E-state index in [0.717, 1.165) is 56.9 Å². The number of alkyl halides is 3. The predicted octanol–water partition coefficient (Wildman–Crippen LogP) is 4.44. The molecule has 1 aliphatic heterocycles. The Morgan fingerprint density at radius 3 is 2.31 bits per heavy atom. The SMILES string of the molecule is CCC1(C)C(CO)C12CCC2O.CCSN1CCN(c2ccc(C(F)(F)F)cn2)C(C)C1. The Bertz CT molecular complexity index is 766. The Morgan fingerprint density at radius 2 is 1.97 bits per heavy atom. The smallest absolute Gasteiger partial charge is 0.396 e. The van der Waals surface area contributed by atoms with Crippen LogP contribution in [0.1, 0.15) is 52.5 Å². The zero-order chi connectivity index (χ0) is 23.7. The van der Waals surface area contributed by atoms with E-state index in [1.807, 2.05) is 0 Å². The van der Waals surface area contributed by atoms with Crippen LogP contribution >= 0.6 is 11.9 Å². The van der Waals surface area contributed by atoms with E-state index in [1.54, 1.807) is 11.9 Å². The van der Waals surface area contributed by atoms with Crippen LogP contribution in [0.3, 0.4) is 0 Å². The fourth-order valence-corrected chi connectivity index (χ4v) is 6.68. The van der Waals surface area contributed by atoms with Crippen LogP contribution in [0.5, 0.6) is 0 Å². The lowest BCUT2D eigenvalue weighted by atomic mass is 9.71. The Kier molecular flexibility index (Phi) is 7.74. The second-order valence-corrected chi connectivity index (χ2v) is 10.7.